The number of rotatable bonds is 4. The number of aliphatic hydroxyl groups is 1. The largest absolute Gasteiger partial charge is 0.383 e. The van der Waals surface area contributed by atoms with Crippen molar-refractivity contribution in [1.29, 1.82) is 0 Å². The lowest BCUT2D eigenvalue weighted by atomic mass is 9.85. The van der Waals surface area contributed by atoms with Crippen molar-refractivity contribution in [2.45, 2.75) is 38.2 Å². The van der Waals surface area contributed by atoms with E-state index in [1.54, 1.807) is 21.9 Å². The highest BCUT2D eigenvalue weighted by molar-refractivity contribution is 6.07. The number of amides is 2. The number of nitrogens with one attached hydrogen (secondary N) is 1. The zero-order valence-electron chi connectivity index (χ0n) is 17.0. The SMILES string of the molecule is CCN1CCCN2C(=O)C3C(O)C(=O)C(C(=O)NCc4ccc(F)cc4)CN3CC12. The molecule has 0 aromatic heterocycles. The van der Waals surface area contributed by atoms with Gasteiger partial charge in [-0.3, -0.25) is 24.2 Å². The molecule has 3 fully saturated rings. The van der Waals surface area contributed by atoms with Gasteiger partial charge in [-0.1, -0.05) is 19.1 Å². The molecule has 0 aliphatic carbocycles. The maximum absolute atomic E-state index is 13.0. The first kappa shape index (κ1) is 20.9. The zero-order valence-corrected chi connectivity index (χ0v) is 17.0. The third kappa shape index (κ3) is 3.73. The van der Waals surface area contributed by atoms with Gasteiger partial charge in [0.15, 0.2) is 5.78 Å². The summed E-state index contributed by atoms with van der Waals surface area (Å²) in [5.41, 5.74) is 0.705. The summed E-state index contributed by atoms with van der Waals surface area (Å²) in [5.74, 6) is -2.77. The predicted molar refractivity (Wildman–Crippen MR) is 105 cm³/mol. The number of piperidine rings is 1. The van der Waals surface area contributed by atoms with Gasteiger partial charge < -0.3 is 15.3 Å². The number of carbonyl (C=O) groups excluding carboxylic acids is 3. The van der Waals surface area contributed by atoms with Gasteiger partial charge in [0.2, 0.25) is 11.8 Å². The number of Topliss-reactive ketones (excluding diaryl/α,β-unsaturated/α-hetero) is 1. The summed E-state index contributed by atoms with van der Waals surface area (Å²) >= 11 is 0. The minimum absolute atomic E-state index is 0.101. The Labute approximate surface area is 174 Å². The number of hydrogen-bond donors (Lipinski definition) is 2. The summed E-state index contributed by atoms with van der Waals surface area (Å²) in [6.45, 7) is 5.11. The lowest BCUT2D eigenvalue weighted by Gasteiger charge is -2.54. The van der Waals surface area contributed by atoms with Gasteiger partial charge in [-0.05, 0) is 30.7 Å². The monoisotopic (exact) mass is 418 g/mol. The summed E-state index contributed by atoms with van der Waals surface area (Å²) in [5, 5.41) is 13.3. The molecule has 4 rings (SSSR count). The van der Waals surface area contributed by atoms with E-state index in [0.717, 1.165) is 19.5 Å². The van der Waals surface area contributed by atoms with Gasteiger partial charge in [-0.2, -0.15) is 0 Å². The second kappa shape index (κ2) is 8.41. The van der Waals surface area contributed by atoms with Crippen LogP contribution in [0.1, 0.15) is 18.9 Å². The normalized spacial score (nSPS) is 30.0. The van der Waals surface area contributed by atoms with Crippen molar-refractivity contribution >= 4 is 17.6 Å². The number of halogens is 1. The summed E-state index contributed by atoms with van der Waals surface area (Å²) in [6.07, 6.45) is -0.761. The lowest BCUT2D eigenvalue weighted by Crippen LogP contribution is -2.74. The molecule has 9 heteroatoms. The summed E-state index contributed by atoms with van der Waals surface area (Å²) < 4.78 is 13.0. The molecule has 0 radical (unpaired) electrons. The number of piperazine rings is 1. The molecule has 8 nitrogen and oxygen atoms in total. The van der Waals surface area contributed by atoms with Crippen molar-refractivity contribution in [3.8, 4) is 0 Å². The van der Waals surface area contributed by atoms with Crippen LogP contribution in [0, 0.1) is 11.7 Å². The molecule has 2 amide bonds. The average molecular weight is 418 g/mol. The van der Waals surface area contributed by atoms with Crippen LogP contribution in [0.25, 0.3) is 0 Å². The number of fused-ring (bicyclic) bond motifs is 2. The van der Waals surface area contributed by atoms with E-state index >= 15 is 0 Å². The Kier molecular flexibility index (Phi) is 5.86. The van der Waals surface area contributed by atoms with Crippen LogP contribution in [0.5, 0.6) is 0 Å². The molecule has 3 saturated heterocycles. The van der Waals surface area contributed by atoms with E-state index in [1.807, 2.05) is 6.92 Å². The number of likely N-dealkylation sites (N-methyl/N-ethyl adjacent to an activating group) is 1. The van der Waals surface area contributed by atoms with Gasteiger partial charge in [0.1, 0.15) is 23.9 Å². The molecule has 1 aromatic carbocycles. The van der Waals surface area contributed by atoms with Gasteiger partial charge in [0.25, 0.3) is 0 Å². The summed E-state index contributed by atoms with van der Waals surface area (Å²) in [7, 11) is 0. The Morgan fingerprint density at radius 2 is 1.93 bits per heavy atom. The van der Waals surface area contributed by atoms with Gasteiger partial charge >= 0.3 is 0 Å². The molecule has 4 unspecified atom stereocenters. The fourth-order valence-corrected chi connectivity index (χ4v) is 4.76. The smallest absolute Gasteiger partial charge is 0.244 e. The molecule has 4 atom stereocenters. The quantitative estimate of drug-likeness (QED) is 0.645. The number of hydrogen-bond acceptors (Lipinski definition) is 6. The molecule has 2 N–H and O–H groups in total. The highest BCUT2D eigenvalue weighted by Gasteiger charge is 2.53. The highest BCUT2D eigenvalue weighted by atomic mass is 19.1. The van der Waals surface area contributed by atoms with Crippen LogP contribution in [0.2, 0.25) is 0 Å². The van der Waals surface area contributed by atoms with Crippen molar-refractivity contribution in [2.24, 2.45) is 5.92 Å². The first-order valence-corrected chi connectivity index (χ1v) is 10.4. The Morgan fingerprint density at radius 3 is 2.63 bits per heavy atom. The fraction of sp³-hybridized carbons (Fsp3) is 0.571. The van der Waals surface area contributed by atoms with Gasteiger partial charge in [-0.25, -0.2) is 4.39 Å². The molecule has 1 aromatic rings. The number of aliphatic hydroxyl groups excluding tert-OH is 1. The standard InChI is InChI=1S/C21H27FN4O4/c1-2-24-8-3-9-26-16(24)12-25-11-15(18(27)19(28)17(25)21(26)30)20(29)23-10-13-4-6-14(22)7-5-13/h4-7,15-17,19,28H,2-3,8-12H2,1H3,(H,23,29). The molecule has 0 saturated carbocycles. The van der Waals surface area contributed by atoms with Crippen LogP contribution in [0.4, 0.5) is 4.39 Å². The molecule has 0 spiro atoms. The van der Waals surface area contributed by atoms with E-state index in [-0.39, 0.29) is 31.0 Å². The number of benzene rings is 1. The Bertz CT molecular complexity index is 833. The maximum atomic E-state index is 13.0. The molecule has 3 aliphatic heterocycles. The molecule has 0 bridgehead atoms. The van der Waals surface area contributed by atoms with Crippen molar-refractivity contribution in [1.82, 2.24) is 20.0 Å². The summed E-state index contributed by atoms with van der Waals surface area (Å²) in [4.78, 5) is 44.2. The molecular weight excluding hydrogens is 391 g/mol. The fourth-order valence-electron chi connectivity index (χ4n) is 4.76. The van der Waals surface area contributed by atoms with E-state index < -0.39 is 29.8 Å². The highest BCUT2D eigenvalue weighted by Crippen LogP contribution is 2.30. The van der Waals surface area contributed by atoms with Crippen molar-refractivity contribution < 1.29 is 23.9 Å². The van der Waals surface area contributed by atoms with Crippen LogP contribution in [0.15, 0.2) is 24.3 Å². The van der Waals surface area contributed by atoms with Crippen molar-refractivity contribution in [2.75, 3.05) is 32.7 Å². The molecule has 30 heavy (non-hydrogen) atoms. The summed E-state index contributed by atoms with van der Waals surface area (Å²) in [6, 6.07) is 4.80. The number of ketones is 1. The first-order chi connectivity index (χ1) is 14.4. The molecule has 162 valence electrons. The van der Waals surface area contributed by atoms with E-state index in [1.165, 1.54) is 12.1 Å². The second-order valence-electron chi connectivity index (χ2n) is 8.14. The Balaban J connectivity index is 1.47. The van der Waals surface area contributed by atoms with E-state index in [0.29, 0.717) is 18.7 Å². The maximum Gasteiger partial charge on any atom is 0.244 e. The Hall–Kier alpha value is -2.36. The minimum Gasteiger partial charge on any atom is -0.383 e. The predicted octanol–water partition coefficient (Wildman–Crippen LogP) is -0.434. The van der Waals surface area contributed by atoms with Crippen LogP contribution >= 0.6 is 0 Å². The first-order valence-electron chi connectivity index (χ1n) is 10.4. The lowest BCUT2D eigenvalue weighted by molar-refractivity contribution is -0.176. The van der Waals surface area contributed by atoms with Gasteiger partial charge in [0, 0.05) is 32.7 Å². The molecule has 3 heterocycles. The van der Waals surface area contributed by atoms with Gasteiger partial charge in [-0.15, -0.1) is 0 Å². The molecular formula is C21H27FN4O4. The topological polar surface area (TPSA) is 93.2 Å². The van der Waals surface area contributed by atoms with Crippen LogP contribution in [0.3, 0.4) is 0 Å². The third-order valence-corrected chi connectivity index (χ3v) is 6.41. The van der Waals surface area contributed by atoms with Crippen LogP contribution in [-0.2, 0) is 20.9 Å². The van der Waals surface area contributed by atoms with E-state index in [2.05, 4.69) is 10.2 Å². The molecule has 3 aliphatic rings. The second-order valence-corrected chi connectivity index (χ2v) is 8.14. The van der Waals surface area contributed by atoms with Crippen molar-refractivity contribution in [3.63, 3.8) is 0 Å². The average Bonchev–Trinajstić information content (AvgIpc) is 2.75. The van der Waals surface area contributed by atoms with Crippen molar-refractivity contribution in [3.05, 3.63) is 35.6 Å². The number of carbonyl (C=O) groups is 3. The van der Waals surface area contributed by atoms with Crippen LogP contribution < -0.4 is 5.32 Å². The van der Waals surface area contributed by atoms with Gasteiger partial charge in [0.05, 0.1) is 6.17 Å². The minimum atomic E-state index is -1.52. The van der Waals surface area contributed by atoms with Crippen LogP contribution in [-0.4, -0.2) is 88.4 Å². The third-order valence-electron chi connectivity index (χ3n) is 6.41. The zero-order chi connectivity index (χ0) is 21.4. The Morgan fingerprint density at radius 1 is 1.20 bits per heavy atom. The van der Waals surface area contributed by atoms with E-state index in [4.69, 9.17) is 0 Å². The van der Waals surface area contributed by atoms with E-state index in [9.17, 15) is 23.9 Å². The number of nitrogens with zero attached hydrogens (tertiary/aromatic N) is 3.